The highest BCUT2D eigenvalue weighted by molar-refractivity contribution is 5.80. The van der Waals surface area contributed by atoms with Crippen LogP contribution in [0.1, 0.15) is 54.3 Å². The van der Waals surface area contributed by atoms with Crippen LogP contribution in [0.2, 0.25) is 0 Å². The van der Waals surface area contributed by atoms with Crippen LogP contribution >= 0.6 is 0 Å². The zero-order valence-corrected chi connectivity index (χ0v) is 17.7. The summed E-state index contributed by atoms with van der Waals surface area (Å²) < 4.78 is 38.7. The largest absolute Gasteiger partial charge is 0.416 e. The van der Waals surface area contributed by atoms with Crippen LogP contribution in [0, 0.1) is 5.92 Å². The van der Waals surface area contributed by atoms with Gasteiger partial charge in [0.05, 0.1) is 11.6 Å². The van der Waals surface area contributed by atoms with Gasteiger partial charge in [-0.2, -0.15) is 13.2 Å². The number of rotatable bonds is 2. The smallest absolute Gasteiger partial charge is 0.335 e. The molecule has 0 aromatic heterocycles. The van der Waals surface area contributed by atoms with Crippen molar-refractivity contribution in [2.45, 2.75) is 43.8 Å². The van der Waals surface area contributed by atoms with Gasteiger partial charge in [0.2, 0.25) is 5.91 Å². The quantitative estimate of drug-likeness (QED) is 0.633. The molecule has 0 saturated carbocycles. The fraction of sp³-hybridized carbons (Fsp3) is 0.480. The number of hydrogen-bond donors (Lipinski definition) is 0. The van der Waals surface area contributed by atoms with Crippen molar-refractivity contribution < 1.29 is 18.0 Å². The zero-order chi connectivity index (χ0) is 21.8. The van der Waals surface area contributed by atoms with Crippen molar-refractivity contribution in [3.63, 3.8) is 0 Å². The van der Waals surface area contributed by atoms with Gasteiger partial charge in [-0.05, 0) is 92.2 Å². The first-order chi connectivity index (χ1) is 14.8. The van der Waals surface area contributed by atoms with E-state index < -0.39 is 11.7 Å². The minimum Gasteiger partial charge on any atom is -0.335 e. The number of fused-ring (bicyclic) bond motifs is 5. The standard InChI is InChI=1S/C25H27F3N2O/c1-29-11-8-17(9-12-29)24(31)30-13-10-19-15-23(30)22-14-18(4-7-21(19)22)16-2-5-20(6-3-16)25(26,27)28/h2-7,14,17,19,23H,8-13,15H2,1H3/t19-,23+/m0/s1. The monoisotopic (exact) mass is 428 g/mol. The molecule has 0 spiro atoms. The lowest BCUT2D eigenvalue weighted by Gasteiger charge is -2.38. The maximum absolute atomic E-state index is 13.3. The van der Waals surface area contributed by atoms with Crippen molar-refractivity contribution >= 4 is 5.91 Å². The van der Waals surface area contributed by atoms with E-state index >= 15 is 0 Å². The third-order valence-electron chi connectivity index (χ3n) is 7.38. The summed E-state index contributed by atoms with van der Waals surface area (Å²) in [6.45, 7) is 2.73. The maximum Gasteiger partial charge on any atom is 0.416 e. The van der Waals surface area contributed by atoms with Gasteiger partial charge in [0, 0.05) is 12.5 Å². The Balaban J connectivity index is 1.41. The van der Waals surface area contributed by atoms with Crippen molar-refractivity contribution in [2.75, 3.05) is 26.7 Å². The van der Waals surface area contributed by atoms with Crippen LogP contribution in [0.4, 0.5) is 13.2 Å². The van der Waals surface area contributed by atoms with Gasteiger partial charge in [-0.15, -0.1) is 0 Å². The van der Waals surface area contributed by atoms with Gasteiger partial charge in [0.1, 0.15) is 0 Å². The summed E-state index contributed by atoms with van der Waals surface area (Å²) in [5.41, 5.74) is 3.53. The summed E-state index contributed by atoms with van der Waals surface area (Å²) in [5, 5.41) is 0. The van der Waals surface area contributed by atoms with Crippen LogP contribution < -0.4 is 0 Å². The Morgan fingerprint density at radius 2 is 1.58 bits per heavy atom. The fourth-order valence-electron chi connectivity index (χ4n) is 5.56. The molecule has 2 fully saturated rings. The van der Waals surface area contributed by atoms with Gasteiger partial charge < -0.3 is 9.80 Å². The van der Waals surface area contributed by atoms with Gasteiger partial charge in [-0.25, -0.2) is 0 Å². The van der Waals surface area contributed by atoms with Gasteiger partial charge in [0.15, 0.2) is 0 Å². The molecule has 5 rings (SSSR count). The molecule has 1 aliphatic carbocycles. The first-order valence-electron chi connectivity index (χ1n) is 11.1. The molecule has 2 saturated heterocycles. The van der Waals surface area contributed by atoms with E-state index in [-0.39, 0.29) is 17.9 Å². The highest BCUT2D eigenvalue weighted by Gasteiger charge is 2.42. The second-order valence-electron chi connectivity index (χ2n) is 9.27. The summed E-state index contributed by atoms with van der Waals surface area (Å²) in [6.07, 6.45) is -0.547. The van der Waals surface area contributed by atoms with E-state index in [0.29, 0.717) is 5.92 Å². The summed E-state index contributed by atoms with van der Waals surface area (Å²) in [5.74, 6) is 0.863. The molecule has 31 heavy (non-hydrogen) atoms. The first-order valence-corrected chi connectivity index (χ1v) is 11.1. The predicted molar refractivity (Wildman–Crippen MR) is 114 cm³/mol. The lowest BCUT2D eigenvalue weighted by molar-refractivity contribution is -0.141. The molecule has 1 amide bonds. The Kier molecular flexibility index (Phi) is 5.08. The molecule has 0 N–H and O–H groups in total. The number of likely N-dealkylation sites (tertiary alicyclic amines) is 2. The Bertz CT molecular complexity index is 977. The second kappa shape index (κ2) is 7.66. The minimum atomic E-state index is -4.33. The Labute approximate surface area is 180 Å². The van der Waals surface area contributed by atoms with Gasteiger partial charge in [-0.1, -0.05) is 24.3 Å². The van der Waals surface area contributed by atoms with E-state index in [1.54, 1.807) is 0 Å². The molecular weight excluding hydrogens is 401 g/mol. The molecule has 3 nitrogen and oxygen atoms in total. The summed E-state index contributed by atoms with van der Waals surface area (Å²) in [7, 11) is 2.10. The Morgan fingerprint density at radius 3 is 2.26 bits per heavy atom. The molecule has 2 heterocycles. The summed E-state index contributed by atoms with van der Waals surface area (Å²) in [6, 6.07) is 11.7. The lowest BCUT2D eigenvalue weighted by Crippen LogP contribution is -2.44. The Morgan fingerprint density at radius 1 is 0.903 bits per heavy atom. The van der Waals surface area contributed by atoms with Gasteiger partial charge in [-0.3, -0.25) is 4.79 Å². The summed E-state index contributed by atoms with van der Waals surface area (Å²) >= 11 is 0. The summed E-state index contributed by atoms with van der Waals surface area (Å²) in [4.78, 5) is 17.7. The van der Waals surface area contributed by atoms with E-state index in [1.165, 1.54) is 23.3 Å². The molecule has 164 valence electrons. The van der Waals surface area contributed by atoms with E-state index in [1.807, 2.05) is 6.07 Å². The number of hydrogen-bond acceptors (Lipinski definition) is 2. The third-order valence-corrected chi connectivity index (χ3v) is 7.38. The van der Waals surface area contributed by atoms with Crippen LogP contribution in [0.5, 0.6) is 0 Å². The molecule has 2 bridgehead atoms. The van der Waals surface area contributed by atoms with Crippen molar-refractivity contribution in [3.05, 3.63) is 59.2 Å². The Hall–Kier alpha value is -2.34. The molecule has 6 heteroatoms. The molecule has 0 unspecified atom stereocenters. The highest BCUT2D eigenvalue weighted by atomic mass is 19.4. The molecule has 2 aromatic rings. The van der Waals surface area contributed by atoms with E-state index in [9.17, 15) is 18.0 Å². The number of carbonyl (C=O) groups excluding carboxylic acids is 1. The number of benzene rings is 2. The van der Waals surface area contributed by atoms with Gasteiger partial charge in [0.25, 0.3) is 0 Å². The SMILES string of the molecule is CN1CCC(C(=O)N2CC[C@H]3C[C@@H]2c2cc(-c4ccc(C(F)(F)F)cc4)ccc23)CC1. The van der Waals surface area contributed by atoms with E-state index in [2.05, 4.69) is 29.0 Å². The number of amides is 1. The minimum absolute atomic E-state index is 0.0929. The van der Waals surface area contributed by atoms with E-state index in [0.717, 1.165) is 68.6 Å². The molecular formula is C25H27F3N2O. The maximum atomic E-state index is 13.3. The average molecular weight is 428 g/mol. The van der Waals surface area contributed by atoms with Crippen molar-refractivity contribution in [3.8, 4) is 11.1 Å². The van der Waals surface area contributed by atoms with Crippen LogP contribution in [0.3, 0.4) is 0 Å². The first kappa shape index (κ1) is 20.6. The molecule has 2 atom stereocenters. The number of carbonyl (C=O) groups is 1. The molecule has 0 radical (unpaired) electrons. The van der Waals surface area contributed by atoms with Crippen molar-refractivity contribution in [1.82, 2.24) is 9.80 Å². The van der Waals surface area contributed by atoms with Crippen molar-refractivity contribution in [1.29, 1.82) is 0 Å². The van der Waals surface area contributed by atoms with E-state index in [4.69, 9.17) is 0 Å². The third kappa shape index (κ3) is 3.75. The van der Waals surface area contributed by atoms with Gasteiger partial charge >= 0.3 is 6.18 Å². The molecule has 2 aliphatic heterocycles. The van der Waals surface area contributed by atoms with Crippen LogP contribution in [0.25, 0.3) is 11.1 Å². The normalized spacial score (nSPS) is 24.3. The average Bonchev–Trinajstić information content (AvgIpc) is 3.05. The predicted octanol–water partition coefficient (Wildman–Crippen LogP) is 5.47. The highest BCUT2D eigenvalue weighted by Crippen LogP contribution is 2.50. The zero-order valence-electron chi connectivity index (χ0n) is 17.7. The number of nitrogens with zero attached hydrogens (tertiary/aromatic N) is 2. The van der Waals surface area contributed by atoms with Crippen LogP contribution in [0.15, 0.2) is 42.5 Å². The topological polar surface area (TPSA) is 23.6 Å². The van der Waals surface area contributed by atoms with Crippen molar-refractivity contribution in [2.24, 2.45) is 5.92 Å². The second-order valence-corrected chi connectivity index (χ2v) is 9.27. The fourth-order valence-corrected chi connectivity index (χ4v) is 5.56. The molecule has 2 aromatic carbocycles. The lowest BCUT2D eigenvalue weighted by atomic mass is 9.91. The number of halogens is 3. The molecule has 3 aliphatic rings. The van der Waals surface area contributed by atoms with Crippen LogP contribution in [-0.2, 0) is 11.0 Å². The van der Waals surface area contributed by atoms with Crippen LogP contribution in [-0.4, -0.2) is 42.4 Å². The number of piperidine rings is 2. The number of alkyl halides is 3.